The lowest BCUT2D eigenvalue weighted by Gasteiger charge is -2.30. The zero-order valence-electron chi connectivity index (χ0n) is 51.2. The van der Waals surface area contributed by atoms with Crippen molar-refractivity contribution in [3.63, 3.8) is 0 Å². The molecule has 0 saturated heterocycles. The Morgan fingerprint density at radius 1 is 0.455 bits per heavy atom. The number of nitrogens with zero attached hydrogens (tertiary/aromatic N) is 1. The van der Waals surface area contributed by atoms with Gasteiger partial charge in [0.05, 0.1) is 33.8 Å². The summed E-state index contributed by atoms with van der Waals surface area (Å²) in [5.41, 5.74) is 0. The third-order valence-corrected chi connectivity index (χ3v) is 15.1. The Morgan fingerprint density at radius 2 is 0.792 bits per heavy atom. The number of carbonyl (C=O) groups is 2. The molecule has 0 radical (unpaired) electrons. The van der Waals surface area contributed by atoms with Crippen LogP contribution in [-0.2, 0) is 27.9 Å². The minimum Gasteiger partial charge on any atom is -0.756 e. The van der Waals surface area contributed by atoms with Crippen molar-refractivity contribution in [1.82, 2.24) is 5.32 Å². The molecular formula is C67H123N2O7P. The van der Waals surface area contributed by atoms with E-state index in [1.807, 2.05) is 33.3 Å². The first-order chi connectivity index (χ1) is 37.4. The number of amides is 1. The molecule has 9 nitrogen and oxygen atoms in total. The number of hydrogen-bond acceptors (Lipinski definition) is 7. The van der Waals surface area contributed by atoms with Gasteiger partial charge < -0.3 is 28.5 Å². The number of unbranched alkanes of at least 4 members (excludes halogenated alkanes) is 32. The summed E-state index contributed by atoms with van der Waals surface area (Å²) in [5, 5.41) is 3.03. The van der Waals surface area contributed by atoms with Crippen LogP contribution < -0.4 is 10.2 Å². The first-order valence-corrected chi connectivity index (χ1v) is 33.7. The van der Waals surface area contributed by atoms with Crippen LogP contribution in [-0.4, -0.2) is 69.4 Å². The van der Waals surface area contributed by atoms with Gasteiger partial charge in [-0.1, -0.05) is 248 Å². The van der Waals surface area contributed by atoms with E-state index < -0.39 is 26.6 Å². The standard InChI is InChI=1S/C67H123N2O7P/c1-7-10-13-16-19-22-25-27-29-31-33-34-36-37-39-41-44-47-50-53-56-59-66(70)68-64(63-75-77(72,73)74-62-61-69(4,5)6)65(58-55-52-49-46-43-24-21-18-15-12-9-3)76-67(71)60-57-54-51-48-45-42-40-38-35-32-30-28-26-23-20-17-14-11-8-2/h19-20,22-23,27-30,33-34,55,58,64-65H,7-18,21,24-26,31-32,35-54,56-57,59-63H2,1-6H3,(H-,68,70,72,73)/b22-19-,23-20-,29-27-,30-28-,34-33-,58-55+. The van der Waals surface area contributed by atoms with Crippen LogP contribution in [0.25, 0.3) is 0 Å². The fraction of sp³-hybridized carbons (Fsp3) is 0.791. The molecule has 3 atom stereocenters. The molecule has 0 heterocycles. The lowest BCUT2D eigenvalue weighted by molar-refractivity contribution is -0.870. The van der Waals surface area contributed by atoms with Crippen LogP contribution in [0.5, 0.6) is 0 Å². The molecule has 0 bridgehead atoms. The number of phosphoric acid groups is 1. The van der Waals surface area contributed by atoms with Crippen molar-refractivity contribution < 1.29 is 37.3 Å². The second-order valence-electron chi connectivity index (χ2n) is 22.9. The molecule has 0 aromatic heterocycles. The minimum absolute atomic E-state index is 0.0266. The summed E-state index contributed by atoms with van der Waals surface area (Å²) in [7, 11) is 1.17. The van der Waals surface area contributed by atoms with Gasteiger partial charge in [-0.05, 0) is 102 Å². The van der Waals surface area contributed by atoms with Gasteiger partial charge in [0.15, 0.2) is 0 Å². The number of hydrogen-bond donors (Lipinski definition) is 1. The summed E-state index contributed by atoms with van der Waals surface area (Å²) in [6.45, 7) is 6.79. The molecule has 77 heavy (non-hydrogen) atoms. The van der Waals surface area contributed by atoms with Crippen LogP contribution in [0.4, 0.5) is 0 Å². The Morgan fingerprint density at radius 3 is 1.21 bits per heavy atom. The minimum atomic E-state index is -4.70. The van der Waals surface area contributed by atoms with Crippen LogP contribution in [0.15, 0.2) is 72.9 Å². The molecular weight excluding hydrogens is 976 g/mol. The average molecular weight is 1100 g/mol. The number of likely N-dealkylation sites (N-methyl/N-ethyl adjacent to an activating group) is 1. The van der Waals surface area contributed by atoms with Crippen molar-refractivity contribution >= 4 is 19.7 Å². The lowest BCUT2D eigenvalue weighted by Crippen LogP contribution is -2.47. The molecule has 0 spiro atoms. The summed E-state index contributed by atoms with van der Waals surface area (Å²) in [4.78, 5) is 40.0. The molecule has 0 aliphatic rings. The van der Waals surface area contributed by atoms with Crippen LogP contribution in [0.2, 0.25) is 0 Å². The van der Waals surface area contributed by atoms with E-state index in [0.29, 0.717) is 17.4 Å². The van der Waals surface area contributed by atoms with Gasteiger partial charge in [-0.15, -0.1) is 0 Å². The smallest absolute Gasteiger partial charge is 0.306 e. The van der Waals surface area contributed by atoms with E-state index in [1.165, 1.54) is 154 Å². The van der Waals surface area contributed by atoms with Gasteiger partial charge >= 0.3 is 5.97 Å². The number of nitrogens with one attached hydrogen (secondary N) is 1. The maximum absolute atomic E-state index is 13.5. The second-order valence-corrected chi connectivity index (χ2v) is 24.3. The normalized spacial score (nSPS) is 14.1. The number of quaternary nitrogens is 1. The van der Waals surface area contributed by atoms with Crippen LogP contribution in [0, 0.1) is 0 Å². The highest BCUT2D eigenvalue weighted by Gasteiger charge is 2.27. The number of rotatable bonds is 58. The van der Waals surface area contributed by atoms with Gasteiger partial charge in [0, 0.05) is 12.8 Å². The van der Waals surface area contributed by atoms with Gasteiger partial charge in [-0.2, -0.15) is 0 Å². The molecule has 3 unspecified atom stereocenters. The second kappa shape index (κ2) is 56.7. The van der Waals surface area contributed by atoms with E-state index in [-0.39, 0.29) is 24.9 Å². The summed E-state index contributed by atoms with van der Waals surface area (Å²) in [6, 6.07) is -0.896. The summed E-state index contributed by atoms with van der Waals surface area (Å²) in [5.74, 6) is -0.551. The molecule has 0 fully saturated rings. The highest BCUT2D eigenvalue weighted by atomic mass is 31.2. The fourth-order valence-electron chi connectivity index (χ4n) is 9.09. The van der Waals surface area contributed by atoms with Gasteiger partial charge in [0.2, 0.25) is 5.91 Å². The van der Waals surface area contributed by atoms with Crippen molar-refractivity contribution in [2.24, 2.45) is 0 Å². The van der Waals surface area contributed by atoms with Gasteiger partial charge in [0.25, 0.3) is 7.82 Å². The molecule has 448 valence electrons. The summed E-state index contributed by atoms with van der Waals surface area (Å²) >= 11 is 0. The molecule has 0 aliphatic carbocycles. The van der Waals surface area contributed by atoms with Crippen molar-refractivity contribution in [1.29, 1.82) is 0 Å². The van der Waals surface area contributed by atoms with Gasteiger partial charge in [-0.25, -0.2) is 0 Å². The molecule has 0 saturated carbocycles. The zero-order chi connectivity index (χ0) is 56.4. The third-order valence-electron chi connectivity index (χ3n) is 14.1. The fourth-order valence-corrected chi connectivity index (χ4v) is 9.81. The Hall–Kier alpha value is -2.55. The van der Waals surface area contributed by atoms with Crippen molar-refractivity contribution in [2.45, 2.75) is 303 Å². The highest BCUT2D eigenvalue weighted by Crippen LogP contribution is 2.38. The Labute approximate surface area is 476 Å². The van der Waals surface area contributed by atoms with Crippen LogP contribution >= 0.6 is 7.82 Å². The number of allylic oxidation sites excluding steroid dienone is 11. The van der Waals surface area contributed by atoms with E-state index in [2.05, 4.69) is 86.8 Å². The Balaban J connectivity index is 5.19. The van der Waals surface area contributed by atoms with Crippen LogP contribution in [0.3, 0.4) is 0 Å². The van der Waals surface area contributed by atoms with E-state index in [0.717, 1.165) is 103 Å². The van der Waals surface area contributed by atoms with Gasteiger partial charge in [0.1, 0.15) is 19.3 Å². The number of esters is 1. The van der Waals surface area contributed by atoms with E-state index in [4.69, 9.17) is 13.8 Å². The molecule has 0 aromatic rings. The molecule has 10 heteroatoms. The van der Waals surface area contributed by atoms with E-state index in [9.17, 15) is 19.0 Å². The zero-order valence-corrected chi connectivity index (χ0v) is 52.0. The SMILES string of the molecule is CCCCC/C=C\C/C=C\C/C=C\CCCCCCCCCCC(=O)NC(COP(=O)([O-])OCC[N+](C)(C)C)C(/C=C/CCCCCCCCCCC)OC(=O)CCCCCCCCCCC/C=C\C/C=C\CCCCC. The monoisotopic (exact) mass is 1100 g/mol. The largest absolute Gasteiger partial charge is 0.756 e. The third kappa shape index (κ3) is 57.9. The van der Waals surface area contributed by atoms with Crippen molar-refractivity contribution in [3.8, 4) is 0 Å². The van der Waals surface area contributed by atoms with Gasteiger partial charge in [-0.3, -0.25) is 14.2 Å². The number of phosphoric ester groups is 1. The number of ether oxygens (including phenoxy) is 1. The average Bonchev–Trinajstić information content (AvgIpc) is 3.39. The summed E-state index contributed by atoms with van der Waals surface area (Å²) < 4.78 is 30.3. The predicted molar refractivity (Wildman–Crippen MR) is 330 cm³/mol. The maximum Gasteiger partial charge on any atom is 0.306 e. The molecule has 0 aromatic carbocycles. The van der Waals surface area contributed by atoms with Crippen molar-refractivity contribution in [3.05, 3.63) is 72.9 Å². The van der Waals surface area contributed by atoms with E-state index >= 15 is 0 Å². The topological polar surface area (TPSA) is 114 Å². The quantitative estimate of drug-likeness (QED) is 0.0212. The molecule has 0 rings (SSSR count). The Bertz CT molecular complexity index is 1550. The Kier molecular flexibility index (Phi) is 54.8. The molecule has 0 aliphatic heterocycles. The van der Waals surface area contributed by atoms with Crippen molar-refractivity contribution in [2.75, 3.05) is 40.9 Å². The predicted octanol–water partition coefficient (Wildman–Crippen LogP) is 19.4. The first-order valence-electron chi connectivity index (χ1n) is 32.2. The molecule has 1 N–H and O–H groups in total. The first kappa shape index (κ1) is 74.5. The summed E-state index contributed by atoms with van der Waals surface area (Å²) in [6.07, 6.45) is 72.9. The maximum atomic E-state index is 13.5. The van der Waals surface area contributed by atoms with Crippen LogP contribution in [0.1, 0.15) is 290 Å². The highest BCUT2D eigenvalue weighted by molar-refractivity contribution is 7.45. The lowest BCUT2D eigenvalue weighted by atomic mass is 10.0. The van der Waals surface area contributed by atoms with E-state index in [1.54, 1.807) is 0 Å². The number of carbonyl (C=O) groups excluding carboxylic acids is 2. The molecule has 1 amide bonds.